The number of halogens is 3. The van der Waals surface area contributed by atoms with E-state index in [4.69, 9.17) is 39.5 Å². The third-order valence-corrected chi connectivity index (χ3v) is 4.69. The van der Waals surface area contributed by atoms with Gasteiger partial charge in [0, 0.05) is 10.7 Å². The van der Waals surface area contributed by atoms with Gasteiger partial charge in [-0.1, -0.05) is 60.8 Å². The van der Waals surface area contributed by atoms with Gasteiger partial charge in [-0.2, -0.15) is 0 Å². The molecule has 26 heavy (non-hydrogen) atoms. The number of ether oxygens (including phenoxy) is 1. The van der Waals surface area contributed by atoms with E-state index < -0.39 is 24.4 Å². The van der Waals surface area contributed by atoms with E-state index in [2.05, 4.69) is 5.32 Å². The van der Waals surface area contributed by atoms with Crippen LogP contribution in [0.25, 0.3) is 0 Å². The van der Waals surface area contributed by atoms with Crippen molar-refractivity contribution in [3.05, 3.63) is 63.1 Å². The average Bonchev–Trinajstić information content (AvgIpc) is 2.58. The van der Waals surface area contributed by atoms with Gasteiger partial charge >= 0.3 is 5.97 Å². The number of carbonyl (C=O) groups excluding carboxylic acids is 2. The van der Waals surface area contributed by atoms with Gasteiger partial charge in [-0.25, -0.2) is 0 Å². The van der Waals surface area contributed by atoms with E-state index in [1.807, 2.05) is 13.8 Å². The van der Waals surface area contributed by atoms with Crippen molar-refractivity contribution in [2.45, 2.75) is 19.8 Å². The van der Waals surface area contributed by atoms with Crippen LogP contribution in [0.4, 0.5) is 5.69 Å². The van der Waals surface area contributed by atoms with Gasteiger partial charge in [0.15, 0.2) is 6.61 Å². The molecule has 0 aliphatic rings. The Labute approximate surface area is 167 Å². The molecular weight excluding hydrogens is 397 g/mol. The number of hydrogen-bond acceptors (Lipinski definition) is 3. The van der Waals surface area contributed by atoms with Crippen molar-refractivity contribution in [3.63, 3.8) is 0 Å². The lowest BCUT2D eigenvalue weighted by Crippen LogP contribution is -2.26. The quantitative estimate of drug-likeness (QED) is 0.629. The lowest BCUT2D eigenvalue weighted by atomic mass is 9.88. The Morgan fingerprint density at radius 2 is 1.65 bits per heavy atom. The summed E-state index contributed by atoms with van der Waals surface area (Å²) in [5.41, 5.74) is 1.26. The summed E-state index contributed by atoms with van der Waals surface area (Å²) in [6.45, 7) is 3.43. The number of anilines is 1. The Morgan fingerprint density at radius 1 is 1.00 bits per heavy atom. The van der Waals surface area contributed by atoms with Crippen molar-refractivity contribution in [2.24, 2.45) is 5.92 Å². The van der Waals surface area contributed by atoms with Crippen LogP contribution in [-0.2, 0) is 14.3 Å². The van der Waals surface area contributed by atoms with E-state index in [0.717, 1.165) is 5.56 Å². The molecule has 1 atom stereocenters. The fraction of sp³-hybridized carbons (Fsp3) is 0.263. The first-order valence-electron chi connectivity index (χ1n) is 7.95. The highest BCUT2D eigenvalue weighted by molar-refractivity contribution is 6.42. The molecule has 0 heterocycles. The summed E-state index contributed by atoms with van der Waals surface area (Å²) in [5.74, 6) is -1.41. The molecule has 2 aromatic carbocycles. The Balaban J connectivity index is 1.97. The highest BCUT2D eigenvalue weighted by Gasteiger charge is 2.26. The summed E-state index contributed by atoms with van der Waals surface area (Å²) in [6, 6.07) is 11.7. The first-order valence-corrected chi connectivity index (χ1v) is 9.08. The van der Waals surface area contributed by atoms with E-state index in [1.165, 1.54) is 6.07 Å². The van der Waals surface area contributed by atoms with Crippen LogP contribution in [0.1, 0.15) is 25.3 Å². The van der Waals surface area contributed by atoms with Crippen LogP contribution in [0.15, 0.2) is 42.5 Å². The minimum atomic E-state index is -0.481. The van der Waals surface area contributed by atoms with Gasteiger partial charge in [0.1, 0.15) is 0 Å². The van der Waals surface area contributed by atoms with Crippen molar-refractivity contribution in [1.82, 2.24) is 0 Å². The van der Waals surface area contributed by atoms with Crippen molar-refractivity contribution in [2.75, 3.05) is 11.9 Å². The predicted octanol–water partition coefficient (Wildman–Crippen LogP) is 5.57. The maximum atomic E-state index is 12.5. The smallest absolute Gasteiger partial charge is 0.314 e. The van der Waals surface area contributed by atoms with E-state index in [-0.39, 0.29) is 5.92 Å². The molecule has 2 rings (SSSR count). The fourth-order valence-corrected chi connectivity index (χ4v) is 2.88. The number of amides is 1. The van der Waals surface area contributed by atoms with Crippen LogP contribution in [0.2, 0.25) is 15.1 Å². The molecule has 0 aromatic heterocycles. The number of hydrogen-bond donors (Lipinski definition) is 1. The van der Waals surface area contributed by atoms with Crippen molar-refractivity contribution < 1.29 is 14.3 Å². The van der Waals surface area contributed by atoms with Crippen molar-refractivity contribution >= 4 is 52.4 Å². The normalized spacial score (nSPS) is 11.9. The van der Waals surface area contributed by atoms with Crippen molar-refractivity contribution in [1.29, 1.82) is 0 Å². The first kappa shape index (κ1) is 20.6. The molecule has 2 aromatic rings. The van der Waals surface area contributed by atoms with Crippen LogP contribution in [0, 0.1) is 5.92 Å². The Morgan fingerprint density at radius 3 is 2.23 bits per heavy atom. The number of carbonyl (C=O) groups is 2. The number of esters is 1. The Bertz CT molecular complexity index is 791. The summed E-state index contributed by atoms with van der Waals surface area (Å²) in [4.78, 5) is 24.5. The molecule has 0 saturated heterocycles. The van der Waals surface area contributed by atoms with Gasteiger partial charge < -0.3 is 10.1 Å². The fourth-order valence-electron chi connectivity index (χ4n) is 2.46. The van der Waals surface area contributed by atoms with Gasteiger partial charge in [-0.15, -0.1) is 0 Å². The molecule has 0 unspecified atom stereocenters. The number of nitrogens with one attached hydrogen (secondary N) is 1. The second kappa shape index (κ2) is 9.26. The Hall–Kier alpha value is -1.75. The van der Waals surface area contributed by atoms with E-state index in [0.29, 0.717) is 20.8 Å². The topological polar surface area (TPSA) is 55.4 Å². The summed E-state index contributed by atoms with van der Waals surface area (Å²) >= 11 is 17.6. The third kappa shape index (κ3) is 5.63. The van der Waals surface area contributed by atoms with Crippen LogP contribution in [0.3, 0.4) is 0 Å². The van der Waals surface area contributed by atoms with Crippen LogP contribution >= 0.6 is 34.8 Å². The highest BCUT2D eigenvalue weighted by atomic mass is 35.5. The maximum Gasteiger partial charge on any atom is 0.314 e. The number of rotatable bonds is 6. The molecule has 7 heteroatoms. The molecule has 0 fully saturated rings. The van der Waals surface area contributed by atoms with Gasteiger partial charge in [0.2, 0.25) is 0 Å². The zero-order valence-corrected chi connectivity index (χ0v) is 16.5. The monoisotopic (exact) mass is 413 g/mol. The summed E-state index contributed by atoms with van der Waals surface area (Å²) in [6.07, 6.45) is 0. The summed E-state index contributed by atoms with van der Waals surface area (Å²) in [7, 11) is 0. The second-order valence-electron chi connectivity index (χ2n) is 6.06. The molecular formula is C19H18Cl3NO3. The lowest BCUT2D eigenvalue weighted by molar-refractivity contribution is -0.149. The van der Waals surface area contributed by atoms with E-state index in [9.17, 15) is 9.59 Å². The van der Waals surface area contributed by atoms with Gasteiger partial charge in [0.05, 0.1) is 16.0 Å². The summed E-state index contributed by atoms with van der Waals surface area (Å²) < 4.78 is 5.20. The lowest BCUT2D eigenvalue weighted by Gasteiger charge is -2.20. The third-order valence-electron chi connectivity index (χ3n) is 3.70. The molecule has 0 bridgehead atoms. The first-order chi connectivity index (χ1) is 12.3. The standard InChI is InChI=1S/C19H18Cl3NO3/c1-11(2)18(12-3-5-13(20)6-4-12)19(25)26-10-17(24)23-14-7-8-15(21)16(22)9-14/h3-9,11,18H,10H2,1-2H3,(H,23,24)/t18-/m1/s1. The zero-order chi connectivity index (χ0) is 19.3. The largest absolute Gasteiger partial charge is 0.455 e. The number of benzene rings is 2. The average molecular weight is 415 g/mol. The molecule has 0 aliphatic carbocycles. The van der Waals surface area contributed by atoms with Gasteiger partial charge in [-0.3, -0.25) is 9.59 Å². The molecule has 1 amide bonds. The SMILES string of the molecule is CC(C)[C@@H](C(=O)OCC(=O)Nc1ccc(Cl)c(Cl)c1)c1ccc(Cl)cc1. The molecule has 138 valence electrons. The van der Waals surface area contributed by atoms with Crippen LogP contribution < -0.4 is 5.32 Å². The van der Waals surface area contributed by atoms with Gasteiger partial charge in [-0.05, 0) is 41.8 Å². The van der Waals surface area contributed by atoms with E-state index >= 15 is 0 Å². The molecule has 0 spiro atoms. The zero-order valence-electron chi connectivity index (χ0n) is 14.3. The summed E-state index contributed by atoms with van der Waals surface area (Å²) in [5, 5.41) is 3.90. The predicted molar refractivity (Wildman–Crippen MR) is 105 cm³/mol. The van der Waals surface area contributed by atoms with Crippen LogP contribution in [0.5, 0.6) is 0 Å². The Kier molecular flexibility index (Phi) is 7.33. The van der Waals surface area contributed by atoms with E-state index in [1.54, 1.807) is 36.4 Å². The molecule has 4 nitrogen and oxygen atoms in total. The van der Waals surface area contributed by atoms with Crippen LogP contribution in [-0.4, -0.2) is 18.5 Å². The van der Waals surface area contributed by atoms with Gasteiger partial charge in [0.25, 0.3) is 5.91 Å². The molecule has 0 aliphatic heterocycles. The van der Waals surface area contributed by atoms with Crippen molar-refractivity contribution in [3.8, 4) is 0 Å². The minimum absolute atomic E-state index is 0.00167. The highest BCUT2D eigenvalue weighted by Crippen LogP contribution is 2.27. The molecule has 0 radical (unpaired) electrons. The minimum Gasteiger partial charge on any atom is -0.455 e. The second-order valence-corrected chi connectivity index (χ2v) is 7.31. The molecule has 0 saturated carbocycles. The molecule has 1 N–H and O–H groups in total. The maximum absolute atomic E-state index is 12.5.